The summed E-state index contributed by atoms with van der Waals surface area (Å²) in [7, 11) is 0. The smallest absolute Gasteiger partial charge is 0.306 e. The van der Waals surface area contributed by atoms with Crippen LogP contribution in [0.5, 0.6) is 0 Å². The van der Waals surface area contributed by atoms with Crippen LogP contribution in [0.3, 0.4) is 0 Å². The molecular weight excluding hydrogens is 233 g/mol. The second-order valence-electron chi connectivity index (χ2n) is 4.90. The Labute approximate surface area is 106 Å². The molecule has 2 atom stereocenters. The molecule has 1 fully saturated rings. The summed E-state index contributed by atoms with van der Waals surface area (Å²) in [5.41, 5.74) is 0.889. The second kappa shape index (κ2) is 5.96. The monoisotopic (exact) mass is 251 g/mol. The number of hydrogen-bond donors (Lipinski definition) is 2. The van der Waals surface area contributed by atoms with E-state index in [1.165, 1.54) is 12.1 Å². The lowest BCUT2D eigenvalue weighted by atomic mass is 9.96. The maximum Gasteiger partial charge on any atom is 0.306 e. The Morgan fingerprint density at radius 2 is 2.28 bits per heavy atom. The highest BCUT2D eigenvalue weighted by atomic mass is 19.1. The van der Waals surface area contributed by atoms with Crippen molar-refractivity contribution in [3.63, 3.8) is 0 Å². The van der Waals surface area contributed by atoms with Crippen LogP contribution >= 0.6 is 0 Å². The molecular formula is C14H18FNO2. The van der Waals surface area contributed by atoms with E-state index in [0.717, 1.165) is 24.8 Å². The van der Waals surface area contributed by atoms with Gasteiger partial charge in [-0.1, -0.05) is 18.6 Å². The molecule has 0 radical (unpaired) electrons. The number of carboxylic acid groups (broad SMARTS) is 1. The van der Waals surface area contributed by atoms with Crippen molar-refractivity contribution in [2.45, 2.75) is 25.8 Å². The lowest BCUT2D eigenvalue weighted by Crippen LogP contribution is -2.28. The molecule has 0 aliphatic heterocycles. The topological polar surface area (TPSA) is 49.3 Å². The highest BCUT2D eigenvalue weighted by molar-refractivity contribution is 5.70. The van der Waals surface area contributed by atoms with Crippen LogP contribution in [0.4, 0.5) is 4.39 Å². The van der Waals surface area contributed by atoms with Gasteiger partial charge in [-0.25, -0.2) is 4.39 Å². The van der Waals surface area contributed by atoms with Crippen LogP contribution in [0.25, 0.3) is 0 Å². The molecule has 1 aliphatic rings. The molecule has 0 aromatic heterocycles. The third-order valence-electron chi connectivity index (χ3n) is 3.60. The first-order chi connectivity index (χ1) is 8.66. The second-order valence-corrected chi connectivity index (χ2v) is 4.90. The van der Waals surface area contributed by atoms with E-state index in [1.54, 1.807) is 6.07 Å². The van der Waals surface area contributed by atoms with Gasteiger partial charge in [0.2, 0.25) is 0 Å². The van der Waals surface area contributed by atoms with Gasteiger partial charge in [0.25, 0.3) is 0 Å². The number of carboxylic acids is 1. The molecule has 18 heavy (non-hydrogen) atoms. The zero-order valence-corrected chi connectivity index (χ0v) is 10.2. The molecule has 0 saturated heterocycles. The maximum absolute atomic E-state index is 13.0. The Morgan fingerprint density at radius 1 is 1.44 bits per heavy atom. The minimum Gasteiger partial charge on any atom is -0.481 e. The van der Waals surface area contributed by atoms with Gasteiger partial charge in [0.05, 0.1) is 5.92 Å². The summed E-state index contributed by atoms with van der Waals surface area (Å²) >= 11 is 0. The van der Waals surface area contributed by atoms with Crippen LogP contribution in [-0.2, 0) is 11.3 Å². The standard InChI is InChI=1S/C14H18FNO2/c15-12-5-1-3-10(7-12)8-16-9-11-4-2-6-13(11)14(17)18/h1,3,5,7,11,13,16H,2,4,6,8-9H2,(H,17,18). The van der Waals surface area contributed by atoms with Crippen molar-refractivity contribution < 1.29 is 14.3 Å². The fraction of sp³-hybridized carbons (Fsp3) is 0.500. The molecule has 1 aliphatic carbocycles. The molecule has 2 N–H and O–H groups in total. The zero-order valence-electron chi connectivity index (χ0n) is 10.2. The lowest BCUT2D eigenvalue weighted by Gasteiger charge is -2.16. The van der Waals surface area contributed by atoms with E-state index in [-0.39, 0.29) is 17.7 Å². The molecule has 2 unspecified atom stereocenters. The van der Waals surface area contributed by atoms with Gasteiger partial charge in [-0.05, 0) is 43.0 Å². The van der Waals surface area contributed by atoms with Gasteiger partial charge in [-0.2, -0.15) is 0 Å². The fourth-order valence-corrected chi connectivity index (χ4v) is 2.66. The average Bonchev–Trinajstić information content (AvgIpc) is 2.77. The molecule has 0 spiro atoms. The normalized spacial score (nSPS) is 23.2. The van der Waals surface area contributed by atoms with E-state index in [9.17, 15) is 9.18 Å². The van der Waals surface area contributed by atoms with Gasteiger partial charge in [-0.15, -0.1) is 0 Å². The molecule has 3 nitrogen and oxygen atoms in total. The van der Waals surface area contributed by atoms with E-state index in [4.69, 9.17) is 5.11 Å². The van der Waals surface area contributed by atoms with E-state index in [2.05, 4.69) is 5.32 Å². The quantitative estimate of drug-likeness (QED) is 0.845. The summed E-state index contributed by atoms with van der Waals surface area (Å²) in [6.07, 6.45) is 2.73. The number of rotatable bonds is 5. The van der Waals surface area contributed by atoms with Crippen molar-refractivity contribution in [2.24, 2.45) is 11.8 Å². The highest BCUT2D eigenvalue weighted by Crippen LogP contribution is 2.31. The minimum absolute atomic E-state index is 0.205. The van der Waals surface area contributed by atoms with Gasteiger partial charge in [0, 0.05) is 6.54 Å². The average molecular weight is 251 g/mol. The number of halogens is 1. The van der Waals surface area contributed by atoms with E-state index >= 15 is 0 Å². The Hall–Kier alpha value is -1.42. The summed E-state index contributed by atoms with van der Waals surface area (Å²) in [5, 5.41) is 12.3. The van der Waals surface area contributed by atoms with E-state index < -0.39 is 5.97 Å². The Bertz CT molecular complexity index is 422. The third-order valence-corrected chi connectivity index (χ3v) is 3.60. The summed E-state index contributed by atoms with van der Waals surface area (Å²) in [6.45, 7) is 1.27. The molecule has 0 bridgehead atoms. The third kappa shape index (κ3) is 3.29. The molecule has 1 aromatic rings. The molecule has 1 aromatic carbocycles. The van der Waals surface area contributed by atoms with Crippen molar-refractivity contribution in [3.05, 3.63) is 35.6 Å². The predicted molar refractivity (Wildman–Crippen MR) is 66.6 cm³/mol. The maximum atomic E-state index is 13.0. The largest absolute Gasteiger partial charge is 0.481 e. The van der Waals surface area contributed by atoms with E-state index in [1.807, 2.05) is 6.07 Å². The Balaban J connectivity index is 1.80. The number of aliphatic carboxylic acids is 1. The van der Waals surface area contributed by atoms with Crippen molar-refractivity contribution >= 4 is 5.97 Å². The van der Waals surface area contributed by atoms with Gasteiger partial charge >= 0.3 is 5.97 Å². The minimum atomic E-state index is -0.690. The van der Waals surface area contributed by atoms with Crippen LogP contribution in [-0.4, -0.2) is 17.6 Å². The van der Waals surface area contributed by atoms with Crippen molar-refractivity contribution in [1.82, 2.24) is 5.32 Å². The van der Waals surface area contributed by atoms with E-state index in [0.29, 0.717) is 13.1 Å². The van der Waals surface area contributed by atoms with Crippen LogP contribution in [0.2, 0.25) is 0 Å². The lowest BCUT2D eigenvalue weighted by molar-refractivity contribution is -0.142. The molecule has 98 valence electrons. The Morgan fingerprint density at radius 3 is 3.00 bits per heavy atom. The molecule has 0 heterocycles. The Kier molecular flexibility index (Phi) is 4.31. The van der Waals surface area contributed by atoms with Crippen molar-refractivity contribution in [2.75, 3.05) is 6.54 Å². The summed E-state index contributed by atoms with van der Waals surface area (Å²) in [6, 6.07) is 6.46. The molecule has 1 saturated carbocycles. The predicted octanol–water partition coefficient (Wildman–Crippen LogP) is 2.42. The van der Waals surface area contributed by atoms with Crippen LogP contribution in [0.15, 0.2) is 24.3 Å². The molecule has 0 amide bonds. The first-order valence-electron chi connectivity index (χ1n) is 6.35. The number of benzene rings is 1. The van der Waals surface area contributed by atoms with Gasteiger partial charge < -0.3 is 10.4 Å². The van der Waals surface area contributed by atoms with Gasteiger partial charge in [0.1, 0.15) is 5.82 Å². The first kappa shape index (κ1) is 13.0. The zero-order chi connectivity index (χ0) is 13.0. The van der Waals surface area contributed by atoms with Crippen LogP contribution in [0, 0.1) is 17.7 Å². The van der Waals surface area contributed by atoms with Crippen molar-refractivity contribution in [3.8, 4) is 0 Å². The summed E-state index contributed by atoms with van der Waals surface area (Å²) in [4.78, 5) is 11.0. The van der Waals surface area contributed by atoms with Crippen LogP contribution < -0.4 is 5.32 Å². The summed E-state index contributed by atoms with van der Waals surface area (Å²) < 4.78 is 13.0. The molecule has 4 heteroatoms. The SMILES string of the molecule is O=C(O)C1CCCC1CNCc1cccc(F)c1. The first-order valence-corrected chi connectivity index (χ1v) is 6.35. The summed E-state index contributed by atoms with van der Waals surface area (Å²) in [5.74, 6) is -0.940. The number of hydrogen-bond acceptors (Lipinski definition) is 2. The van der Waals surface area contributed by atoms with Gasteiger partial charge in [-0.3, -0.25) is 4.79 Å². The fourth-order valence-electron chi connectivity index (χ4n) is 2.66. The van der Waals surface area contributed by atoms with Crippen LogP contribution in [0.1, 0.15) is 24.8 Å². The number of nitrogens with one attached hydrogen (secondary N) is 1. The highest BCUT2D eigenvalue weighted by Gasteiger charge is 2.32. The number of carbonyl (C=O) groups is 1. The van der Waals surface area contributed by atoms with Crippen molar-refractivity contribution in [1.29, 1.82) is 0 Å². The van der Waals surface area contributed by atoms with Gasteiger partial charge in [0.15, 0.2) is 0 Å². The molecule has 2 rings (SSSR count).